The van der Waals surface area contributed by atoms with Crippen LogP contribution in [0.3, 0.4) is 0 Å². The molecule has 0 spiro atoms. The summed E-state index contributed by atoms with van der Waals surface area (Å²) in [5.41, 5.74) is 1.52. The summed E-state index contributed by atoms with van der Waals surface area (Å²) in [6.07, 6.45) is 0.294. The molecule has 0 saturated carbocycles. The first-order valence-electron chi connectivity index (χ1n) is 8.71. The third-order valence-corrected chi connectivity index (χ3v) is 5.22. The standard InChI is InChI=1S/C20H18BrN3O4/c1-26-15-7-8-17(27-2)16(10-15)24-11-13(9-18(24)25)20-22-19(23-28-20)12-3-5-14(21)6-4-12/h3-8,10,13H,9,11H2,1-2H3. The van der Waals surface area contributed by atoms with Crippen LogP contribution in [0.4, 0.5) is 5.69 Å². The second-order valence-corrected chi connectivity index (χ2v) is 7.32. The van der Waals surface area contributed by atoms with E-state index in [0.717, 1.165) is 10.0 Å². The van der Waals surface area contributed by atoms with Crippen molar-refractivity contribution in [3.63, 3.8) is 0 Å². The maximum Gasteiger partial charge on any atom is 0.232 e. The van der Waals surface area contributed by atoms with Gasteiger partial charge < -0.3 is 18.9 Å². The van der Waals surface area contributed by atoms with Crippen molar-refractivity contribution in [1.82, 2.24) is 10.1 Å². The van der Waals surface area contributed by atoms with Crippen LogP contribution in [0.25, 0.3) is 11.4 Å². The minimum absolute atomic E-state index is 0.0278. The Balaban J connectivity index is 1.58. The van der Waals surface area contributed by atoms with E-state index in [1.54, 1.807) is 37.3 Å². The fourth-order valence-electron chi connectivity index (χ4n) is 3.23. The van der Waals surface area contributed by atoms with Crippen molar-refractivity contribution in [2.45, 2.75) is 12.3 Å². The molecule has 1 fully saturated rings. The van der Waals surface area contributed by atoms with Crippen molar-refractivity contribution in [2.75, 3.05) is 25.7 Å². The van der Waals surface area contributed by atoms with Gasteiger partial charge in [-0.15, -0.1) is 0 Å². The van der Waals surface area contributed by atoms with Crippen LogP contribution in [-0.4, -0.2) is 36.8 Å². The van der Waals surface area contributed by atoms with E-state index in [2.05, 4.69) is 26.1 Å². The monoisotopic (exact) mass is 443 g/mol. The molecule has 2 aromatic carbocycles. The number of aromatic nitrogens is 2. The Hall–Kier alpha value is -2.87. The molecule has 1 atom stereocenters. The van der Waals surface area contributed by atoms with E-state index in [9.17, 15) is 4.79 Å². The van der Waals surface area contributed by atoms with Gasteiger partial charge in [-0.1, -0.05) is 21.1 Å². The van der Waals surface area contributed by atoms with Crippen LogP contribution in [0, 0.1) is 0 Å². The fraction of sp³-hybridized carbons (Fsp3) is 0.250. The highest BCUT2D eigenvalue weighted by Gasteiger charge is 2.36. The van der Waals surface area contributed by atoms with Gasteiger partial charge in [0.2, 0.25) is 17.6 Å². The van der Waals surface area contributed by atoms with Gasteiger partial charge in [0.1, 0.15) is 11.5 Å². The van der Waals surface area contributed by atoms with Crippen LogP contribution in [-0.2, 0) is 4.79 Å². The van der Waals surface area contributed by atoms with E-state index < -0.39 is 0 Å². The Kier molecular flexibility index (Phi) is 5.04. The lowest BCUT2D eigenvalue weighted by Crippen LogP contribution is -2.24. The number of rotatable bonds is 5. The maximum atomic E-state index is 12.7. The minimum atomic E-state index is -0.180. The highest BCUT2D eigenvalue weighted by atomic mass is 79.9. The highest BCUT2D eigenvalue weighted by molar-refractivity contribution is 9.10. The Morgan fingerprint density at radius 1 is 1.14 bits per heavy atom. The maximum absolute atomic E-state index is 12.7. The highest BCUT2D eigenvalue weighted by Crippen LogP contribution is 2.38. The van der Waals surface area contributed by atoms with Crippen molar-refractivity contribution >= 4 is 27.5 Å². The summed E-state index contributed by atoms with van der Waals surface area (Å²) < 4.78 is 17.1. The molecule has 0 radical (unpaired) electrons. The quantitative estimate of drug-likeness (QED) is 0.591. The molecule has 4 rings (SSSR count). The first-order chi connectivity index (χ1) is 13.6. The average Bonchev–Trinajstić information content (AvgIpc) is 3.35. The summed E-state index contributed by atoms with van der Waals surface area (Å²) >= 11 is 3.41. The molecule has 28 heavy (non-hydrogen) atoms. The van der Waals surface area contributed by atoms with Crippen molar-refractivity contribution in [2.24, 2.45) is 0 Å². The number of amides is 1. The van der Waals surface area contributed by atoms with Crippen LogP contribution in [0.5, 0.6) is 11.5 Å². The molecule has 1 aliphatic heterocycles. The molecule has 1 amide bonds. The zero-order valence-corrected chi connectivity index (χ0v) is 17.0. The summed E-state index contributed by atoms with van der Waals surface area (Å²) in [6.45, 7) is 0.435. The average molecular weight is 444 g/mol. The summed E-state index contributed by atoms with van der Waals surface area (Å²) in [6, 6.07) is 13.0. The van der Waals surface area contributed by atoms with Gasteiger partial charge in [0.05, 0.1) is 25.8 Å². The third-order valence-electron chi connectivity index (χ3n) is 4.70. The lowest BCUT2D eigenvalue weighted by molar-refractivity contribution is -0.117. The number of carbonyl (C=O) groups is 1. The molecule has 3 aromatic rings. The number of methoxy groups -OCH3 is 2. The Labute approximate surface area is 170 Å². The second-order valence-electron chi connectivity index (χ2n) is 6.41. The zero-order valence-electron chi connectivity index (χ0n) is 15.4. The van der Waals surface area contributed by atoms with Crippen LogP contribution in [0.15, 0.2) is 51.5 Å². The second kappa shape index (κ2) is 7.63. The Morgan fingerprint density at radius 3 is 2.64 bits per heavy atom. The van der Waals surface area contributed by atoms with Gasteiger partial charge >= 0.3 is 0 Å². The predicted molar refractivity (Wildman–Crippen MR) is 107 cm³/mol. The molecule has 1 saturated heterocycles. The van der Waals surface area contributed by atoms with Gasteiger partial charge in [-0.2, -0.15) is 4.98 Å². The molecule has 1 aromatic heterocycles. The van der Waals surface area contributed by atoms with E-state index >= 15 is 0 Å². The van der Waals surface area contributed by atoms with Crippen LogP contribution >= 0.6 is 15.9 Å². The molecule has 0 N–H and O–H groups in total. The first kappa shape index (κ1) is 18.5. The Bertz CT molecular complexity index is 1000. The molecule has 0 bridgehead atoms. The zero-order chi connectivity index (χ0) is 19.7. The van der Waals surface area contributed by atoms with Gasteiger partial charge in [-0.25, -0.2) is 0 Å². The van der Waals surface area contributed by atoms with Gasteiger partial charge in [-0.3, -0.25) is 4.79 Å². The number of nitrogens with zero attached hydrogens (tertiary/aromatic N) is 3. The van der Waals surface area contributed by atoms with E-state index in [1.807, 2.05) is 24.3 Å². The third kappa shape index (κ3) is 3.47. The van der Waals surface area contributed by atoms with E-state index in [0.29, 0.717) is 41.9 Å². The molecular formula is C20H18BrN3O4. The molecule has 7 nitrogen and oxygen atoms in total. The minimum Gasteiger partial charge on any atom is -0.497 e. The van der Waals surface area contributed by atoms with Crippen molar-refractivity contribution in [3.05, 3.63) is 52.8 Å². The fourth-order valence-corrected chi connectivity index (χ4v) is 3.50. The van der Waals surface area contributed by atoms with Crippen molar-refractivity contribution in [3.8, 4) is 22.9 Å². The van der Waals surface area contributed by atoms with Crippen LogP contribution in [0.1, 0.15) is 18.2 Å². The number of ether oxygens (including phenoxy) is 2. The lowest BCUT2D eigenvalue weighted by atomic mass is 10.1. The van der Waals surface area contributed by atoms with E-state index in [-0.39, 0.29) is 11.8 Å². The summed E-state index contributed by atoms with van der Waals surface area (Å²) in [5, 5.41) is 4.07. The van der Waals surface area contributed by atoms with Crippen molar-refractivity contribution in [1.29, 1.82) is 0 Å². The smallest absolute Gasteiger partial charge is 0.232 e. The SMILES string of the molecule is COc1ccc(OC)c(N2CC(c3nc(-c4ccc(Br)cc4)no3)CC2=O)c1. The predicted octanol–water partition coefficient (Wildman–Crippen LogP) is 4.04. The van der Waals surface area contributed by atoms with Crippen LogP contribution < -0.4 is 14.4 Å². The Morgan fingerprint density at radius 2 is 1.93 bits per heavy atom. The summed E-state index contributed by atoms with van der Waals surface area (Å²) in [4.78, 5) is 18.9. The van der Waals surface area contributed by atoms with Gasteiger partial charge in [0.25, 0.3) is 0 Å². The lowest BCUT2D eigenvalue weighted by Gasteiger charge is -2.20. The molecule has 144 valence electrons. The van der Waals surface area contributed by atoms with Gasteiger partial charge in [0.15, 0.2) is 0 Å². The number of halogens is 1. The van der Waals surface area contributed by atoms with Gasteiger partial charge in [0, 0.05) is 29.1 Å². The van der Waals surface area contributed by atoms with Crippen molar-refractivity contribution < 1.29 is 18.8 Å². The van der Waals surface area contributed by atoms with Crippen LogP contribution in [0.2, 0.25) is 0 Å². The first-order valence-corrected chi connectivity index (χ1v) is 9.50. The number of hydrogen-bond donors (Lipinski definition) is 0. The topological polar surface area (TPSA) is 77.7 Å². The molecule has 2 heterocycles. The normalized spacial score (nSPS) is 16.5. The molecule has 0 aliphatic carbocycles. The summed E-state index contributed by atoms with van der Waals surface area (Å²) in [5.74, 6) is 2.02. The largest absolute Gasteiger partial charge is 0.497 e. The van der Waals surface area contributed by atoms with E-state index in [4.69, 9.17) is 14.0 Å². The van der Waals surface area contributed by atoms with E-state index in [1.165, 1.54) is 0 Å². The molecule has 1 aliphatic rings. The molecular weight excluding hydrogens is 426 g/mol. The summed E-state index contributed by atoms with van der Waals surface area (Å²) in [7, 11) is 3.16. The number of carbonyl (C=O) groups excluding carboxylic acids is 1. The number of anilines is 1. The van der Waals surface area contributed by atoms with Gasteiger partial charge in [-0.05, 0) is 36.4 Å². The number of hydrogen-bond acceptors (Lipinski definition) is 6. The molecule has 8 heteroatoms. The molecule has 1 unspecified atom stereocenters. The number of benzene rings is 2.